The van der Waals surface area contributed by atoms with Crippen molar-refractivity contribution in [3.8, 4) is 11.3 Å². The van der Waals surface area contributed by atoms with Gasteiger partial charge in [0.05, 0.1) is 19.1 Å². The lowest BCUT2D eigenvalue weighted by Gasteiger charge is -2.09. The van der Waals surface area contributed by atoms with E-state index in [9.17, 15) is 14.4 Å². The lowest BCUT2D eigenvalue weighted by molar-refractivity contribution is -0.116. The smallest absolute Gasteiger partial charge is 0.341 e. The normalized spacial score (nSPS) is 11.0. The number of nitrogens with zero attached hydrogens (tertiary/aromatic N) is 4. The number of fused-ring (bicyclic) bond motifs is 1. The molecule has 4 rings (SSSR count). The van der Waals surface area contributed by atoms with Crippen molar-refractivity contribution in [1.29, 1.82) is 0 Å². The fourth-order valence-corrected chi connectivity index (χ4v) is 3.92. The number of hydrogen-bond acceptors (Lipinski definition) is 8. The van der Waals surface area contributed by atoms with Gasteiger partial charge in [0.25, 0.3) is 5.56 Å². The Morgan fingerprint density at radius 3 is 2.93 bits per heavy atom. The summed E-state index contributed by atoms with van der Waals surface area (Å²) in [5.74, 6) is -0.575. The average Bonchev–Trinajstić information content (AvgIpc) is 3.44. The Hall–Kier alpha value is -3.73. The van der Waals surface area contributed by atoms with Crippen LogP contribution < -0.4 is 10.9 Å². The average molecular weight is 427 g/mol. The Morgan fingerprint density at radius 2 is 2.20 bits per heavy atom. The summed E-state index contributed by atoms with van der Waals surface area (Å²) in [4.78, 5) is 41.8. The molecule has 0 unspecified atom stereocenters. The number of thiophene rings is 1. The van der Waals surface area contributed by atoms with Crippen LogP contribution in [0.1, 0.15) is 17.3 Å². The lowest BCUT2D eigenvalue weighted by Crippen LogP contribution is -2.28. The number of carbonyl (C=O) groups excluding carboxylic acids is 2. The van der Waals surface area contributed by atoms with Crippen molar-refractivity contribution in [3.05, 3.63) is 52.2 Å². The van der Waals surface area contributed by atoms with Crippen molar-refractivity contribution in [1.82, 2.24) is 19.3 Å². The zero-order valence-electron chi connectivity index (χ0n) is 16.1. The Balaban J connectivity index is 1.61. The summed E-state index contributed by atoms with van der Waals surface area (Å²) in [6.07, 6.45) is 4.20. The number of anilines is 1. The molecule has 0 radical (unpaired) electrons. The highest BCUT2D eigenvalue weighted by atomic mass is 32.1. The summed E-state index contributed by atoms with van der Waals surface area (Å²) in [6.45, 7) is 1.61. The topological polar surface area (TPSA) is 121 Å². The number of hydrogen-bond donors (Lipinski definition) is 1. The molecule has 10 nitrogen and oxygen atoms in total. The van der Waals surface area contributed by atoms with Gasteiger partial charge >= 0.3 is 5.97 Å². The van der Waals surface area contributed by atoms with E-state index in [2.05, 4.69) is 15.4 Å². The van der Waals surface area contributed by atoms with Crippen LogP contribution in [0.25, 0.3) is 22.4 Å². The van der Waals surface area contributed by atoms with Crippen LogP contribution in [0.4, 0.5) is 5.00 Å². The van der Waals surface area contributed by atoms with Crippen molar-refractivity contribution in [2.45, 2.75) is 13.5 Å². The fourth-order valence-electron chi connectivity index (χ4n) is 2.97. The molecule has 0 spiro atoms. The van der Waals surface area contributed by atoms with Gasteiger partial charge in [-0.1, -0.05) is 0 Å². The van der Waals surface area contributed by atoms with E-state index in [0.717, 1.165) is 0 Å². The summed E-state index contributed by atoms with van der Waals surface area (Å²) >= 11 is 1.17. The third-order valence-corrected chi connectivity index (χ3v) is 5.24. The molecule has 0 atom stereocenters. The number of esters is 1. The van der Waals surface area contributed by atoms with Crippen LogP contribution in [0.5, 0.6) is 0 Å². The molecule has 1 amide bonds. The minimum absolute atomic E-state index is 0.186. The largest absolute Gasteiger partial charge is 0.464 e. The third kappa shape index (κ3) is 3.50. The minimum atomic E-state index is -0.573. The van der Waals surface area contributed by atoms with E-state index in [4.69, 9.17) is 9.15 Å². The molecule has 0 aliphatic heterocycles. The van der Waals surface area contributed by atoms with Crippen LogP contribution in [-0.4, -0.2) is 37.8 Å². The van der Waals surface area contributed by atoms with Gasteiger partial charge in [0.15, 0.2) is 5.65 Å². The quantitative estimate of drug-likeness (QED) is 0.469. The third-order valence-electron chi connectivity index (χ3n) is 4.34. The second kappa shape index (κ2) is 7.95. The number of aromatic nitrogens is 4. The number of amides is 1. The molecule has 4 heterocycles. The molecular formula is C19H17N5O5S. The van der Waals surface area contributed by atoms with E-state index in [1.807, 2.05) is 0 Å². The van der Waals surface area contributed by atoms with Crippen LogP contribution in [0, 0.1) is 0 Å². The first kappa shape index (κ1) is 19.6. The van der Waals surface area contributed by atoms with Crippen LogP contribution in [0.2, 0.25) is 0 Å². The zero-order valence-corrected chi connectivity index (χ0v) is 16.9. The van der Waals surface area contributed by atoms with Crippen LogP contribution in [-0.2, 0) is 23.1 Å². The van der Waals surface area contributed by atoms with Gasteiger partial charge in [0, 0.05) is 18.0 Å². The monoisotopic (exact) mass is 427 g/mol. The van der Waals surface area contributed by atoms with Gasteiger partial charge in [0.1, 0.15) is 34.6 Å². The number of furan rings is 1. The molecule has 0 aliphatic rings. The highest BCUT2D eigenvalue weighted by Crippen LogP contribution is 2.36. The first-order chi connectivity index (χ1) is 14.5. The second-order valence-corrected chi connectivity index (χ2v) is 7.16. The van der Waals surface area contributed by atoms with Crippen LogP contribution >= 0.6 is 11.3 Å². The summed E-state index contributed by atoms with van der Waals surface area (Å²) in [6, 6.07) is 3.42. The van der Waals surface area contributed by atoms with Crippen LogP contribution in [0.3, 0.4) is 0 Å². The van der Waals surface area contributed by atoms with Gasteiger partial charge in [-0.15, -0.1) is 11.3 Å². The van der Waals surface area contributed by atoms with E-state index in [0.29, 0.717) is 27.4 Å². The maximum Gasteiger partial charge on any atom is 0.341 e. The minimum Gasteiger partial charge on any atom is -0.464 e. The molecule has 0 aliphatic carbocycles. The molecule has 154 valence electrons. The Bertz CT molecular complexity index is 1280. The Labute approximate surface area is 173 Å². The molecule has 0 bridgehead atoms. The molecule has 11 heteroatoms. The highest BCUT2D eigenvalue weighted by molar-refractivity contribution is 7.15. The van der Waals surface area contributed by atoms with Crippen molar-refractivity contribution in [3.63, 3.8) is 0 Å². The predicted molar refractivity (Wildman–Crippen MR) is 109 cm³/mol. The maximum absolute atomic E-state index is 12.6. The van der Waals surface area contributed by atoms with E-state index in [-0.39, 0.29) is 24.3 Å². The molecule has 0 aromatic carbocycles. The van der Waals surface area contributed by atoms with Crippen molar-refractivity contribution in [2.75, 3.05) is 11.9 Å². The van der Waals surface area contributed by atoms with Crippen molar-refractivity contribution in [2.24, 2.45) is 7.05 Å². The van der Waals surface area contributed by atoms with Crippen molar-refractivity contribution >= 4 is 39.2 Å². The highest BCUT2D eigenvalue weighted by Gasteiger charge is 2.24. The van der Waals surface area contributed by atoms with Crippen molar-refractivity contribution < 1.29 is 18.7 Å². The molecule has 0 fully saturated rings. The van der Waals surface area contributed by atoms with Gasteiger partial charge in [-0.05, 0) is 19.1 Å². The first-order valence-corrected chi connectivity index (χ1v) is 9.87. The van der Waals surface area contributed by atoms with Gasteiger partial charge in [-0.25, -0.2) is 9.78 Å². The fraction of sp³-hybridized carbons (Fsp3) is 0.211. The number of ether oxygens (including phenoxy) is 1. The summed E-state index contributed by atoms with van der Waals surface area (Å²) < 4.78 is 13.2. The molecule has 0 saturated carbocycles. The number of rotatable bonds is 6. The predicted octanol–water partition coefficient (Wildman–Crippen LogP) is 2.27. The summed E-state index contributed by atoms with van der Waals surface area (Å²) in [5.41, 5.74) is 0.784. The zero-order chi connectivity index (χ0) is 21.3. The standard InChI is InChI=1S/C19H17N5O5S/c1-3-28-19(27)15-12(13-5-4-6-29-13)9-30-17(15)22-14(25)8-24-10-20-16-11(18(24)26)7-21-23(16)2/h4-7,9-10H,3,8H2,1-2H3,(H,22,25). The molecule has 4 aromatic heterocycles. The molecular weight excluding hydrogens is 410 g/mol. The number of aryl methyl sites for hydroxylation is 1. The van der Waals surface area contributed by atoms with Gasteiger partial charge < -0.3 is 14.5 Å². The molecule has 1 N–H and O–H groups in total. The first-order valence-electron chi connectivity index (χ1n) is 8.99. The lowest BCUT2D eigenvalue weighted by atomic mass is 10.1. The maximum atomic E-state index is 12.6. The Morgan fingerprint density at radius 1 is 1.37 bits per heavy atom. The van der Waals surface area contributed by atoms with E-state index in [1.54, 1.807) is 31.5 Å². The van der Waals surface area contributed by atoms with Gasteiger partial charge in [-0.3, -0.25) is 18.8 Å². The van der Waals surface area contributed by atoms with Crippen LogP contribution in [0.15, 0.2) is 45.5 Å². The summed E-state index contributed by atoms with van der Waals surface area (Å²) in [5, 5.41) is 9.03. The van der Waals surface area contributed by atoms with Gasteiger partial charge in [0.2, 0.25) is 5.91 Å². The summed E-state index contributed by atoms with van der Waals surface area (Å²) in [7, 11) is 1.68. The number of nitrogens with one attached hydrogen (secondary N) is 1. The molecule has 4 aromatic rings. The molecule has 30 heavy (non-hydrogen) atoms. The molecule has 0 saturated heterocycles. The second-order valence-electron chi connectivity index (χ2n) is 6.28. The van der Waals surface area contributed by atoms with Gasteiger partial charge in [-0.2, -0.15) is 5.10 Å². The Kier molecular flexibility index (Phi) is 5.19. The van der Waals surface area contributed by atoms with E-state index >= 15 is 0 Å². The number of carbonyl (C=O) groups is 2. The van der Waals surface area contributed by atoms with E-state index < -0.39 is 11.9 Å². The van der Waals surface area contributed by atoms with E-state index in [1.165, 1.54) is 39.4 Å². The SMILES string of the molecule is CCOC(=O)c1c(-c2ccco2)csc1NC(=O)Cn1cnc2c(cnn2C)c1=O.